The van der Waals surface area contributed by atoms with Gasteiger partial charge in [0, 0.05) is 11.6 Å². The van der Waals surface area contributed by atoms with Gasteiger partial charge >= 0.3 is 35.5 Å². The van der Waals surface area contributed by atoms with Crippen LogP contribution in [0, 0.1) is 0 Å². The Morgan fingerprint density at radius 2 is 1.93 bits per heavy atom. The van der Waals surface area contributed by atoms with Crippen LogP contribution in [0.1, 0.15) is 11.9 Å². The number of rotatable bonds is 1. The molecule has 0 aliphatic heterocycles. The van der Waals surface area contributed by atoms with Crippen LogP contribution in [0.3, 0.4) is 0 Å². The molecule has 3 nitrogen and oxygen atoms in total. The van der Waals surface area contributed by atoms with E-state index in [1.807, 2.05) is 24.3 Å². The van der Waals surface area contributed by atoms with Crippen molar-refractivity contribution in [1.29, 1.82) is 0 Å². The molecule has 0 spiro atoms. The van der Waals surface area contributed by atoms with Crippen LogP contribution in [0.4, 0.5) is 0 Å². The fourth-order valence-electron chi connectivity index (χ4n) is 1.20. The number of nitrogens with zero attached hydrogens (tertiary/aromatic N) is 1. The zero-order chi connectivity index (χ0) is 9.26. The number of hydrogen-bond donors (Lipinski definition) is 1. The number of benzene rings is 1. The zero-order valence-corrected chi connectivity index (χ0v) is 9.77. The Kier molecular flexibility index (Phi) is 3.63. The Labute approximate surface area is 105 Å². The number of hydrogen-bond acceptors (Lipinski definition) is 2. The van der Waals surface area contributed by atoms with Gasteiger partial charge < -0.3 is 6.53 Å². The number of pyridine rings is 1. The SMILES string of the molecule is O=C(O)c1cc2ccccc2cn1.[H-].[Na+]. The topological polar surface area (TPSA) is 50.2 Å². The maximum absolute atomic E-state index is 10.6. The van der Waals surface area contributed by atoms with Gasteiger partial charge in [-0.2, -0.15) is 0 Å². The summed E-state index contributed by atoms with van der Waals surface area (Å²) >= 11 is 0. The van der Waals surface area contributed by atoms with Crippen molar-refractivity contribution in [3.05, 3.63) is 42.2 Å². The predicted molar refractivity (Wildman–Crippen MR) is 49.8 cm³/mol. The maximum atomic E-state index is 10.6. The number of carbonyl (C=O) groups is 1. The Morgan fingerprint density at radius 1 is 1.29 bits per heavy atom. The van der Waals surface area contributed by atoms with E-state index in [0.717, 1.165) is 10.8 Å². The van der Waals surface area contributed by atoms with Crippen molar-refractivity contribution in [3.63, 3.8) is 0 Å². The average molecular weight is 197 g/mol. The van der Waals surface area contributed by atoms with Gasteiger partial charge in [-0.3, -0.25) is 0 Å². The van der Waals surface area contributed by atoms with Gasteiger partial charge in [-0.05, 0) is 11.5 Å². The molecule has 0 amide bonds. The van der Waals surface area contributed by atoms with E-state index >= 15 is 0 Å². The molecule has 66 valence electrons. The molecule has 0 unspecified atom stereocenters. The summed E-state index contributed by atoms with van der Waals surface area (Å²) < 4.78 is 0. The fraction of sp³-hybridized carbons (Fsp3) is 0. The Bertz CT molecular complexity index is 476. The minimum absolute atomic E-state index is 0. The molecule has 0 fully saturated rings. The largest absolute Gasteiger partial charge is 1.00 e. The van der Waals surface area contributed by atoms with Gasteiger partial charge in [0.05, 0.1) is 0 Å². The summed E-state index contributed by atoms with van der Waals surface area (Å²) in [6.45, 7) is 0. The van der Waals surface area contributed by atoms with Crippen LogP contribution in [-0.2, 0) is 0 Å². The first-order valence-corrected chi connectivity index (χ1v) is 3.85. The molecule has 0 saturated heterocycles. The predicted octanol–water partition coefficient (Wildman–Crippen LogP) is -0.951. The Morgan fingerprint density at radius 3 is 2.57 bits per heavy atom. The van der Waals surface area contributed by atoms with E-state index in [-0.39, 0.29) is 36.7 Å². The molecule has 0 radical (unpaired) electrons. The van der Waals surface area contributed by atoms with Crippen LogP contribution in [0.15, 0.2) is 36.5 Å². The van der Waals surface area contributed by atoms with Crippen molar-refractivity contribution >= 4 is 16.7 Å². The average Bonchev–Trinajstić information content (AvgIpc) is 2.17. The Hall–Kier alpha value is -0.900. The third-order valence-electron chi connectivity index (χ3n) is 1.85. The standard InChI is InChI=1S/C10H7NO2.Na.H/c12-10(13)9-5-7-3-1-2-4-8(7)6-11-9;;/h1-6H,(H,12,13);;/q;+1;-1. The number of fused-ring (bicyclic) bond motifs is 1. The van der Waals surface area contributed by atoms with Gasteiger partial charge in [-0.25, -0.2) is 9.78 Å². The number of aromatic nitrogens is 1. The number of carboxylic acid groups (broad SMARTS) is 1. The molecule has 4 heteroatoms. The van der Waals surface area contributed by atoms with Crippen LogP contribution >= 0.6 is 0 Å². The van der Waals surface area contributed by atoms with Crippen LogP contribution < -0.4 is 29.6 Å². The first-order chi connectivity index (χ1) is 6.27. The molecule has 0 bridgehead atoms. The van der Waals surface area contributed by atoms with Crippen LogP contribution in [0.25, 0.3) is 10.8 Å². The fourth-order valence-corrected chi connectivity index (χ4v) is 1.20. The summed E-state index contributed by atoms with van der Waals surface area (Å²) in [4.78, 5) is 14.4. The van der Waals surface area contributed by atoms with E-state index in [9.17, 15) is 4.79 Å². The van der Waals surface area contributed by atoms with Gasteiger partial charge in [0.1, 0.15) is 5.69 Å². The summed E-state index contributed by atoms with van der Waals surface area (Å²) in [6.07, 6.45) is 1.57. The molecule has 1 aromatic carbocycles. The van der Waals surface area contributed by atoms with Gasteiger partial charge in [-0.1, -0.05) is 24.3 Å². The minimum Gasteiger partial charge on any atom is -1.00 e. The Balaban J connectivity index is 0.000000980. The van der Waals surface area contributed by atoms with Gasteiger partial charge in [0.25, 0.3) is 0 Å². The summed E-state index contributed by atoms with van der Waals surface area (Å²) in [5.74, 6) is -0.995. The second-order valence-corrected chi connectivity index (χ2v) is 2.72. The molecule has 0 saturated carbocycles. The normalized spacial score (nSPS) is 9.43. The van der Waals surface area contributed by atoms with Crippen LogP contribution in [0.2, 0.25) is 0 Å². The molecule has 1 heterocycles. The van der Waals surface area contributed by atoms with Crippen molar-refractivity contribution < 1.29 is 40.9 Å². The maximum Gasteiger partial charge on any atom is 1.00 e. The summed E-state index contributed by atoms with van der Waals surface area (Å²) in [7, 11) is 0. The third-order valence-corrected chi connectivity index (χ3v) is 1.85. The van der Waals surface area contributed by atoms with Gasteiger partial charge in [0.2, 0.25) is 0 Å². The van der Waals surface area contributed by atoms with E-state index in [1.165, 1.54) is 0 Å². The molecule has 0 aliphatic rings. The molecule has 1 N–H and O–H groups in total. The molecule has 14 heavy (non-hydrogen) atoms. The molecule has 1 aromatic heterocycles. The van der Waals surface area contributed by atoms with Crippen molar-refractivity contribution in [2.75, 3.05) is 0 Å². The number of aromatic carboxylic acids is 1. The molecule has 2 rings (SSSR count). The summed E-state index contributed by atoms with van der Waals surface area (Å²) in [6, 6.07) is 9.09. The minimum atomic E-state index is -0.995. The first kappa shape index (κ1) is 11.2. The van der Waals surface area contributed by atoms with Crippen molar-refractivity contribution in [2.24, 2.45) is 0 Å². The summed E-state index contributed by atoms with van der Waals surface area (Å²) in [5, 5.41) is 10.5. The van der Waals surface area contributed by atoms with E-state index in [4.69, 9.17) is 5.11 Å². The van der Waals surface area contributed by atoms with Crippen LogP contribution in [0.5, 0.6) is 0 Å². The zero-order valence-electron chi connectivity index (χ0n) is 8.77. The van der Waals surface area contributed by atoms with Gasteiger partial charge in [-0.15, -0.1) is 0 Å². The van der Waals surface area contributed by atoms with Gasteiger partial charge in [0.15, 0.2) is 0 Å². The smallest absolute Gasteiger partial charge is 1.00 e. The second kappa shape index (κ2) is 4.55. The van der Waals surface area contributed by atoms with E-state index < -0.39 is 5.97 Å². The van der Waals surface area contributed by atoms with E-state index in [0.29, 0.717) is 0 Å². The molecular formula is C10H8NNaO2. The molecule has 2 aromatic rings. The quantitative estimate of drug-likeness (QED) is 0.600. The van der Waals surface area contributed by atoms with Crippen molar-refractivity contribution in [2.45, 2.75) is 0 Å². The third kappa shape index (κ3) is 2.12. The molecular weight excluding hydrogens is 189 g/mol. The van der Waals surface area contributed by atoms with Crippen molar-refractivity contribution in [3.8, 4) is 0 Å². The molecule has 0 aliphatic carbocycles. The van der Waals surface area contributed by atoms with Crippen LogP contribution in [-0.4, -0.2) is 16.1 Å². The first-order valence-electron chi connectivity index (χ1n) is 3.85. The van der Waals surface area contributed by atoms with E-state index in [2.05, 4.69) is 4.98 Å². The molecule has 0 atom stereocenters. The van der Waals surface area contributed by atoms with E-state index in [1.54, 1.807) is 12.3 Å². The second-order valence-electron chi connectivity index (χ2n) is 2.72. The summed E-state index contributed by atoms with van der Waals surface area (Å²) in [5.41, 5.74) is 0.0821. The van der Waals surface area contributed by atoms with Crippen molar-refractivity contribution in [1.82, 2.24) is 4.98 Å². The monoisotopic (exact) mass is 197 g/mol. The number of carboxylic acids is 1.